The number of nitro benzene ring substituents is 1. The maximum Gasteiger partial charge on any atom is 0.310 e. The summed E-state index contributed by atoms with van der Waals surface area (Å²) in [5.41, 5.74) is 1.52. The number of thiocarbonyl (C=S) groups is 1. The van der Waals surface area contributed by atoms with Gasteiger partial charge in [-0.25, -0.2) is 0 Å². The molecular formula is C19H20N4O5S. The molecule has 0 aromatic heterocycles. The molecule has 2 N–H and O–H groups in total. The Labute approximate surface area is 172 Å². The number of ether oxygens (including phenoxy) is 2. The highest BCUT2D eigenvalue weighted by molar-refractivity contribution is 7.80. The van der Waals surface area contributed by atoms with Crippen molar-refractivity contribution < 1.29 is 19.2 Å². The Bertz CT molecular complexity index is 902. The van der Waals surface area contributed by atoms with Crippen LogP contribution in [0.2, 0.25) is 0 Å². The number of hydrogen-bond acceptors (Lipinski definition) is 7. The lowest BCUT2D eigenvalue weighted by molar-refractivity contribution is -0.385. The van der Waals surface area contributed by atoms with Crippen molar-refractivity contribution in [2.24, 2.45) is 0 Å². The molecule has 1 fully saturated rings. The number of benzene rings is 2. The lowest BCUT2D eigenvalue weighted by atomic mass is 10.2. The van der Waals surface area contributed by atoms with Crippen molar-refractivity contribution in [1.29, 1.82) is 0 Å². The van der Waals surface area contributed by atoms with Gasteiger partial charge in [-0.1, -0.05) is 24.3 Å². The summed E-state index contributed by atoms with van der Waals surface area (Å²) in [6, 6.07) is 13.5. The molecule has 1 amide bonds. The first kappa shape index (κ1) is 20.5. The summed E-state index contributed by atoms with van der Waals surface area (Å²) in [6.07, 6.45) is 0. The van der Waals surface area contributed by atoms with Gasteiger partial charge in [0, 0.05) is 19.2 Å². The van der Waals surface area contributed by atoms with Crippen molar-refractivity contribution in [2.75, 3.05) is 43.1 Å². The van der Waals surface area contributed by atoms with E-state index in [2.05, 4.69) is 15.5 Å². The Balaban J connectivity index is 1.56. The van der Waals surface area contributed by atoms with Crippen LogP contribution in [0.4, 0.5) is 17.1 Å². The minimum Gasteiger partial charge on any atom is -0.477 e. The molecule has 9 nitrogen and oxygen atoms in total. The van der Waals surface area contributed by atoms with Crippen molar-refractivity contribution in [2.45, 2.75) is 0 Å². The molecule has 2 aromatic carbocycles. The second-order valence-corrected chi connectivity index (χ2v) is 6.54. The Hall–Kier alpha value is -3.24. The first-order valence-corrected chi connectivity index (χ1v) is 9.34. The molecule has 29 heavy (non-hydrogen) atoms. The molecule has 2 aromatic rings. The van der Waals surface area contributed by atoms with E-state index < -0.39 is 17.4 Å². The number of anilines is 2. The topological polar surface area (TPSA) is 106 Å². The molecule has 1 heterocycles. The molecule has 10 heteroatoms. The van der Waals surface area contributed by atoms with Gasteiger partial charge in [0.2, 0.25) is 0 Å². The zero-order valence-electron chi connectivity index (χ0n) is 15.5. The van der Waals surface area contributed by atoms with Crippen LogP contribution in [0.1, 0.15) is 0 Å². The third-order valence-electron chi connectivity index (χ3n) is 4.18. The van der Waals surface area contributed by atoms with Crippen molar-refractivity contribution in [3.63, 3.8) is 0 Å². The number of amides is 1. The number of hydrogen-bond donors (Lipinski definition) is 2. The summed E-state index contributed by atoms with van der Waals surface area (Å²) in [5, 5.41) is 16.6. The van der Waals surface area contributed by atoms with E-state index in [0.29, 0.717) is 13.2 Å². The van der Waals surface area contributed by atoms with Crippen molar-refractivity contribution in [3.8, 4) is 5.75 Å². The van der Waals surface area contributed by atoms with Crippen molar-refractivity contribution in [1.82, 2.24) is 5.32 Å². The third kappa shape index (κ3) is 5.62. The van der Waals surface area contributed by atoms with Gasteiger partial charge in [0.1, 0.15) is 0 Å². The van der Waals surface area contributed by atoms with E-state index in [1.807, 2.05) is 24.3 Å². The molecule has 0 atom stereocenters. The summed E-state index contributed by atoms with van der Waals surface area (Å²) < 4.78 is 10.6. The highest BCUT2D eigenvalue weighted by Gasteiger charge is 2.17. The Morgan fingerprint density at radius 1 is 1.17 bits per heavy atom. The number of nitro groups is 1. The first-order valence-electron chi connectivity index (χ1n) is 8.93. The van der Waals surface area contributed by atoms with E-state index in [4.69, 9.17) is 21.7 Å². The fourth-order valence-corrected chi connectivity index (χ4v) is 3.07. The average Bonchev–Trinajstić information content (AvgIpc) is 2.73. The molecule has 0 unspecified atom stereocenters. The monoisotopic (exact) mass is 416 g/mol. The number of morpholine rings is 1. The molecule has 0 saturated carbocycles. The Morgan fingerprint density at radius 3 is 2.62 bits per heavy atom. The minimum atomic E-state index is -0.567. The molecule has 152 valence electrons. The lowest BCUT2D eigenvalue weighted by Gasteiger charge is -2.30. The summed E-state index contributed by atoms with van der Waals surface area (Å²) in [7, 11) is 0. The smallest absolute Gasteiger partial charge is 0.310 e. The van der Waals surface area contributed by atoms with Crippen LogP contribution >= 0.6 is 12.2 Å². The number of nitrogens with zero attached hydrogens (tertiary/aromatic N) is 2. The minimum absolute atomic E-state index is 0.0178. The van der Waals surface area contributed by atoms with Crippen LogP contribution in [0, 0.1) is 10.1 Å². The largest absolute Gasteiger partial charge is 0.477 e. The molecule has 0 spiro atoms. The summed E-state index contributed by atoms with van der Waals surface area (Å²) in [5.74, 6) is -0.506. The van der Waals surface area contributed by atoms with E-state index >= 15 is 0 Å². The molecule has 3 rings (SSSR count). The molecule has 1 aliphatic rings. The number of carbonyl (C=O) groups is 1. The maximum atomic E-state index is 12.1. The SMILES string of the molecule is O=C(COc1ccccc1[N+](=O)[O-])NC(=S)Nc1ccccc1N1CCOCC1. The van der Waals surface area contributed by atoms with Crippen LogP contribution in [0.5, 0.6) is 5.75 Å². The fourth-order valence-electron chi connectivity index (χ4n) is 2.85. The number of nitrogens with one attached hydrogen (secondary N) is 2. The second kappa shape index (κ2) is 9.80. The van der Waals surface area contributed by atoms with Crippen LogP contribution in [0.15, 0.2) is 48.5 Å². The fraction of sp³-hybridized carbons (Fsp3) is 0.263. The van der Waals surface area contributed by atoms with Gasteiger partial charge in [0.05, 0.1) is 29.5 Å². The van der Waals surface area contributed by atoms with Crippen LogP contribution in [-0.4, -0.2) is 48.9 Å². The van der Waals surface area contributed by atoms with E-state index in [-0.39, 0.29) is 16.5 Å². The quantitative estimate of drug-likeness (QED) is 0.420. The zero-order chi connectivity index (χ0) is 20.6. The predicted molar refractivity (Wildman–Crippen MR) is 112 cm³/mol. The van der Waals surface area contributed by atoms with Gasteiger partial charge in [-0.15, -0.1) is 0 Å². The number of carbonyl (C=O) groups excluding carboxylic acids is 1. The summed E-state index contributed by atoms with van der Waals surface area (Å²) >= 11 is 5.22. The van der Waals surface area contributed by atoms with Gasteiger partial charge < -0.3 is 19.7 Å². The van der Waals surface area contributed by atoms with Crippen molar-refractivity contribution >= 4 is 40.3 Å². The van der Waals surface area contributed by atoms with Crippen LogP contribution < -0.4 is 20.3 Å². The Morgan fingerprint density at radius 2 is 1.86 bits per heavy atom. The molecule has 1 saturated heterocycles. The summed E-state index contributed by atoms with van der Waals surface area (Å²) in [4.78, 5) is 24.7. The molecule has 0 bridgehead atoms. The van der Waals surface area contributed by atoms with Crippen LogP contribution in [-0.2, 0) is 9.53 Å². The van der Waals surface area contributed by atoms with Gasteiger partial charge in [0.15, 0.2) is 17.5 Å². The van der Waals surface area contributed by atoms with Gasteiger partial charge in [-0.2, -0.15) is 0 Å². The molecule has 0 radical (unpaired) electrons. The van der Waals surface area contributed by atoms with E-state index in [0.717, 1.165) is 24.5 Å². The number of para-hydroxylation sites is 4. The van der Waals surface area contributed by atoms with E-state index in [1.54, 1.807) is 6.07 Å². The second-order valence-electron chi connectivity index (χ2n) is 6.13. The van der Waals surface area contributed by atoms with Crippen molar-refractivity contribution in [3.05, 3.63) is 58.6 Å². The maximum absolute atomic E-state index is 12.1. The van der Waals surface area contributed by atoms with E-state index in [1.165, 1.54) is 18.2 Å². The summed E-state index contributed by atoms with van der Waals surface area (Å²) in [6.45, 7) is 2.43. The first-order chi connectivity index (χ1) is 14.0. The molecule has 0 aliphatic carbocycles. The van der Waals surface area contributed by atoms with E-state index in [9.17, 15) is 14.9 Å². The normalized spacial score (nSPS) is 13.4. The molecule has 1 aliphatic heterocycles. The van der Waals surface area contributed by atoms with Crippen LogP contribution in [0.3, 0.4) is 0 Å². The average molecular weight is 416 g/mol. The van der Waals surface area contributed by atoms with Gasteiger partial charge in [-0.05, 0) is 30.4 Å². The number of rotatable bonds is 6. The lowest BCUT2D eigenvalue weighted by Crippen LogP contribution is -2.39. The van der Waals surface area contributed by atoms with Crippen LogP contribution in [0.25, 0.3) is 0 Å². The van der Waals surface area contributed by atoms with Gasteiger partial charge in [-0.3, -0.25) is 20.2 Å². The Kier molecular flexibility index (Phi) is 6.93. The highest BCUT2D eigenvalue weighted by atomic mass is 32.1. The zero-order valence-corrected chi connectivity index (χ0v) is 16.3. The molecular weight excluding hydrogens is 396 g/mol. The standard InChI is InChI=1S/C19H20N4O5S/c24-18(13-28-17-8-4-3-7-16(17)23(25)26)21-19(29)20-14-5-1-2-6-15(14)22-9-11-27-12-10-22/h1-8H,9-13H2,(H2,20,21,24,29). The highest BCUT2D eigenvalue weighted by Crippen LogP contribution is 2.27. The third-order valence-corrected chi connectivity index (χ3v) is 4.38. The van der Waals surface area contributed by atoms with Gasteiger partial charge >= 0.3 is 5.69 Å². The van der Waals surface area contributed by atoms with Gasteiger partial charge in [0.25, 0.3) is 5.91 Å². The predicted octanol–water partition coefficient (Wildman–Crippen LogP) is 2.32.